The first kappa shape index (κ1) is 14.9. The lowest BCUT2D eigenvalue weighted by molar-refractivity contribution is 0.201. The van der Waals surface area contributed by atoms with E-state index in [1.807, 2.05) is 56.3 Å². The van der Waals surface area contributed by atoms with Crippen molar-refractivity contribution in [3.05, 3.63) is 60.2 Å². The summed E-state index contributed by atoms with van der Waals surface area (Å²) in [5.74, 6) is 1.44. The Morgan fingerprint density at radius 3 is 2.50 bits per heavy atom. The fraction of sp³-hybridized carbons (Fsp3) is 0.294. The topological polar surface area (TPSA) is 29.5 Å². The van der Waals surface area contributed by atoms with Gasteiger partial charge < -0.3 is 9.84 Å². The molecule has 0 saturated carbocycles. The predicted molar refractivity (Wildman–Crippen MR) is 84.3 cm³/mol. The van der Waals surface area contributed by atoms with Crippen molar-refractivity contribution >= 4 is 11.8 Å². The average molecular weight is 288 g/mol. The summed E-state index contributed by atoms with van der Waals surface area (Å²) < 4.78 is 5.65. The van der Waals surface area contributed by atoms with E-state index < -0.39 is 6.10 Å². The number of aliphatic hydroxyl groups is 1. The molecule has 0 aliphatic rings. The molecule has 0 amide bonds. The first-order valence-electron chi connectivity index (χ1n) is 6.77. The molecule has 2 nitrogen and oxygen atoms in total. The molecule has 0 saturated heterocycles. The molecule has 0 aliphatic carbocycles. The lowest BCUT2D eigenvalue weighted by Crippen LogP contribution is -2.07. The number of ether oxygens (including phenoxy) is 1. The van der Waals surface area contributed by atoms with Gasteiger partial charge in [0.2, 0.25) is 0 Å². The number of aliphatic hydroxyl groups excluding tert-OH is 1. The van der Waals surface area contributed by atoms with Gasteiger partial charge >= 0.3 is 0 Å². The molecule has 1 atom stereocenters. The summed E-state index contributed by atoms with van der Waals surface area (Å²) in [6.07, 6.45) is -0.350. The van der Waals surface area contributed by atoms with Gasteiger partial charge in [-0.15, -0.1) is 11.8 Å². The van der Waals surface area contributed by atoms with Crippen LogP contribution < -0.4 is 4.74 Å². The third kappa shape index (κ3) is 4.58. The van der Waals surface area contributed by atoms with Gasteiger partial charge in [-0.05, 0) is 43.7 Å². The molecule has 20 heavy (non-hydrogen) atoms. The molecule has 0 aromatic heterocycles. The van der Waals surface area contributed by atoms with Gasteiger partial charge in [-0.3, -0.25) is 0 Å². The first-order valence-corrected chi connectivity index (χ1v) is 7.76. The molecular formula is C17H20O2S. The fourth-order valence-electron chi connectivity index (χ4n) is 1.86. The Hall–Kier alpha value is -1.45. The van der Waals surface area contributed by atoms with Crippen LogP contribution in [0.25, 0.3) is 0 Å². The van der Waals surface area contributed by atoms with Gasteiger partial charge in [-0.2, -0.15) is 0 Å². The van der Waals surface area contributed by atoms with Gasteiger partial charge in [0.05, 0.1) is 12.2 Å². The Balaban J connectivity index is 1.96. The van der Waals surface area contributed by atoms with Crippen LogP contribution in [0.5, 0.6) is 5.75 Å². The van der Waals surface area contributed by atoms with Crippen molar-refractivity contribution in [3.8, 4) is 5.75 Å². The summed E-state index contributed by atoms with van der Waals surface area (Å²) in [6.45, 7) is 3.99. The SMILES string of the molecule is CC(C)Oc1cccc(C(O)CSc2ccccc2)c1. The summed E-state index contributed by atoms with van der Waals surface area (Å²) in [5, 5.41) is 10.3. The average Bonchev–Trinajstić information content (AvgIpc) is 2.45. The Morgan fingerprint density at radius 2 is 1.80 bits per heavy atom. The molecule has 2 rings (SSSR count). The highest BCUT2D eigenvalue weighted by Gasteiger charge is 2.09. The minimum absolute atomic E-state index is 0.140. The Labute approximate surface area is 124 Å². The van der Waals surface area contributed by atoms with Crippen LogP contribution in [0.2, 0.25) is 0 Å². The van der Waals surface area contributed by atoms with Crippen LogP contribution in [0.4, 0.5) is 0 Å². The van der Waals surface area contributed by atoms with E-state index in [0.29, 0.717) is 5.75 Å². The van der Waals surface area contributed by atoms with Crippen molar-refractivity contribution in [1.82, 2.24) is 0 Å². The fourth-order valence-corrected chi connectivity index (χ4v) is 2.75. The predicted octanol–water partition coefficient (Wildman–Crippen LogP) is 4.30. The van der Waals surface area contributed by atoms with Crippen molar-refractivity contribution < 1.29 is 9.84 Å². The van der Waals surface area contributed by atoms with Gasteiger partial charge in [0.1, 0.15) is 5.75 Å². The maximum absolute atomic E-state index is 10.3. The third-order valence-electron chi connectivity index (χ3n) is 2.77. The zero-order valence-corrected chi connectivity index (χ0v) is 12.6. The Kier molecular flexibility index (Phi) is 5.50. The molecule has 0 radical (unpaired) electrons. The molecule has 2 aromatic carbocycles. The second kappa shape index (κ2) is 7.36. The van der Waals surface area contributed by atoms with E-state index in [2.05, 4.69) is 12.1 Å². The second-order valence-corrected chi connectivity index (χ2v) is 5.97. The summed E-state index contributed by atoms with van der Waals surface area (Å²) in [4.78, 5) is 1.17. The number of thioether (sulfide) groups is 1. The minimum Gasteiger partial charge on any atom is -0.491 e. The van der Waals surface area contributed by atoms with Crippen LogP contribution in [-0.4, -0.2) is 17.0 Å². The monoisotopic (exact) mass is 288 g/mol. The van der Waals surface area contributed by atoms with Gasteiger partial charge in [-0.25, -0.2) is 0 Å². The third-order valence-corrected chi connectivity index (χ3v) is 3.85. The van der Waals surface area contributed by atoms with Crippen molar-refractivity contribution in [1.29, 1.82) is 0 Å². The molecule has 1 N–H and O–H groups in total. The number of hydrogen-bond donors (Lipinski definition) is 1. The molecule has 0 fully saturated rings. The molecule has 2 aromatic rings. The quantitative estimate of drug-likeness (QED) is 0.804. The summed E-state index contributed by atoms with van der Waals surface area (Å²) in [5.41, 5.74) is 0.895. The summed E-state index contributed by atoms with van der Waals surface area (Å²) in [6, 6.07) is 17.8. The molecule has 0 aliphatic heterocycles. The molecule has 106 valence electrons. The zero-order valence-electron chi connectivity index (χ0n) is 11.8. The first-order chi connectivity index (χ1) is 9.65. The number of benzene rings is 2. The molecule has 0 heterocycles. The second-order valence-electron chi connectivity index (χ2n) is 4.88. The van der Waals surface area contributed by atoms with E-state index in [1.54, 1.807) is 11.8 Å². The minimum atomic E-state index is -0.490. The summed E-state index contributed by atoms with van der Waals surface area (Å²) >= 11 is 1.65. The van der Waals surface area contributed by atoms with Crippen LogP contribution in [-0.2, 0) is 0 Å². The molecule has 0 bridgehead atoms. The van der Waals surface area contributed by atoms with Crippen molar-refractivity contribution in [3.63, 3.8) is 0 Å². The zero-order chi connectivity index (χ0) is 14.4. The molecule has 0 spiro atoms. The van der Waals surface area contributed by atoms with E-state index in [4.69, 9.17) is 4.74 Å². The van der Waals surface area contributed by atoms with E-state index in [1.165, 1.54) is 4.90 Å². The Morgan fingerprint density at radius 1 is 1.05 bits per heavy atom. The molecule has 1 unspecified atom stereocenters. The molecular weight excluding hydrogens is 268 g/mol. The largest absolute Gasteiger partial charge is 0.491 e. The lowest BCUT2D eigenvalue weighted by Gasteiger charge is -2.14. The van der Waals surface area contributed by atoms with Crippen LogP contribution in [0.15, 0.2) is 59.5 Å². The van der Waals surface area contributed by atoms with Gasteiger partial charge in [0.25, 0.3) is 0 Å². The van der Waals surface area contributed by atoms with Crippen molar-refractivity contribution in [2.24, 2.45) is 0 Å². The van der Waals surface area contributed by atoms with Crippen LogP contribution in [0.3, 0.4) is 0 Å². The number of rotatable bonds is 6. The highest BCUT2D eigenvalue weighted by atomic mass is 32.2. The van der Waals surface area contributed by atoms with E-state index in [9.17, 15) is 5.11 Å². The smallest absolute Gasteiger partial charge is 0.120 e. The maximum Gasteiger partial charge on any atom is 0.120 e. The van der Waals surface area contributed by atoms with Gasteiger partial charge in [0.15, 0.2) is 0 Å². The standard InChI is InChI=1S/C17H20O2S/c1-13(2)19-15-8-6-7-14(11-15)17(18)12-20-16-9-4-3-5-10-16/h3-11,13,17-18H,12H2,1-2H3. The van der Waals surface area contributed by atoms with Crippen LogP contribution in [0.1, 0.15) is 25.5 Å². The Bertz CT molecular complexity index is 526. The highest BCUT2D eigenvalue weighted by Crippen LogP contribution is 2.26. The molecule has 3 heteroatoms. The van der Waals surface area contributed by atoms with E-state index in [0.717, 1.165) is 11.3 Å². The maximum atomic E-state index is 10.3. The van der Waals surface area contributed by atoms with Crippen LogP contribution in [0, 0.1) is 0 Å². The number of hydrogen-bond acceptors (Lipinski definition) is 3. The van der Waals surface area contributed by atoms with Crippen molar-refractivity contribution in [2.75, 3.05) is 5.75 Å². The van der Waals surface area contributed by atoms with Gasteiger partial charge in [-0.1, -0.05) is 30.3 Å². The normalized spacial score (nSPS) is 12.4. The summed E-state index contributed by atoms with van der Waals surface area (Å²) in [7, 11) is 0. The van der Waals surface area contributed by atoms with E-state index in [-0.39, 0.29) is 6.10 Å². The van der Waals surface area contributed by atoms with Crippen molar-refractivity contribution in [2.45, 2.75) is 31.0 Å². The van der Waals surface area contributed by atoms with Crippen LogP contribution >= 0.6 is 11.8 Å². The van der Waals surface area contributed by atoms with E-state index >= 15 is 0 Å². The van der Waals surface area contributed by atoms with Gasteiger partial charge in [0, 0.05) is 10.6 Å². The highest BCUT2D eigenvalue weighted by molar-refractivity contribution is 7.99. The lowest BCUT2D eigenvalue weighted by atomic mass is 10.1.